The lowest BCUT2D eigenvalue weighted by Crippen LogP contribution is -2.16. The first kappa shape index (κ1) is 14.5. The molecule has 0 bridgehead atoms. The van der Waals surface area contributed by atoms with E-state index in [2.05, 4.69) is 17.5 Å². The molecule has 1 aliphatic carbocycles. The standard InChI is InChI=1S/C18H25NO2/c1-2-6-15(7-3-1)10-11-19-14-16-8-4-9-17-18(16)21-13-5-12-20-17/h4,6,8-9,19H,1-3,5,7,10-14H2. The van der Waals surface area contributed by atoms with Crippen LogP contribution in [-0.4, -0.2) is 19.8 Å². The first-order valence-electron chi connectivity index (χ1n) is 8.19. The van der Waals surface area contributed by atoms with E-state index in [0.717, 1.165) is 44.2 Å². The van der Waals surface area contributed by atoms with Gasteiger partial charge in [0.1, 0.15) is 0 Å². The topological polar surface area (TPSA) is 30.5 Å². The molecule has 0 saturated carbocycles. The molecule has 0 radical (unpaired) electrons. The van der Waals surface area contributed by atoms with E-state index in [-0.39, 0.29) is 0 Å². The lowest BCUT2D eigenvalue weighted by atomic mass is 9.97. The molecule has 2 aliphatic rings. The Kier molecular flexibility index (Phi) is 5.17. The normalized spacial score (nSPS) is 18.0. The summed E-state index contributed by atoms with van der Waals surface area (Å²) < 4.78 is 11.6. The minimum absolute atomic E-state index is 0.747. The number of allylic oxidation sites excluding steroid dienone is 1. The molecule has 3 heteroatoms. The molecule has 1 aliphatic heterocycles. The molecule has 21 heavy (non-hydrogen) atoms. The van der Waals surface area contributed by atoms with E-state index in [4.69, 9.17) is 9.47 Å². The number of rotatable bonds is 5. The smallest absolute Gasteiger partial charge is 0.165 e. The Labute approximate surface area is 127 Å². The average Bonchev–Trinajstić information content (AvgIpc) is 2.78. The highest BCUT2D eigenvalue weighted by atomic mass is 16.5. The monoisotopic (exact) mass is 287 g/mol. The summed E-state index contributed by atoms with van der Waals surface area (Å²) in [6.07, 6.45) is 9.85. The summed E-state index contributed by atoms with van der Waals surface area (Å²) in [5.41, 5.74) is 2.83. The summed E-state index contributed by atoms with van der Waals surface area (Å²) in [4.78, 5) is 0. The maximum absolute atomic E-state index is 5.85. The molecule has 0 aromatic heterocycles. The number of hydrogen-bond acceptors (Lipinski definition) is 3. The van der Waals surface area contributed by atoms with Gasteiger partial charge in [0.15, 0.2) is 11.5 Å². The highest BCUT2D eigenvalue weighted by Gasteiger charge is 2.14. The van der Waals surface area contributed by atoms with Gasteiger partial charge in [0.25, 0.3) is 0 Å². The van der Waals surface area contributed by atoms with E-state index in [1.807, 2.05) is 12.1 Å². The molecule has 0 unspecified atom stereocenters. The average molecular weight is 287 g/mol. The molecule has 0 amide bonds. The minimum Gasteiger partial charge on any atom is -0.490 e. The van der Waals surface area contributed by atoms with Gasteiger partial charge in [-0.2, -0.15) is 0 Å². The van der Waals surface area contributed by atoms with Gasteiger partial charge in [-0.25, -0.2) is 0 Å². The van der Waals surface area contributed by atoms with Crippen molar-refractivity contribution in [3.8, 4) is 11.5 Å². The van der Waals surface area contributed by atoms with E-state index in [1.165, 1.54) is 37.7 Å². The van der Waals surface area contributed by atoms with Crippen LogP contribution < -0.4 is 14.8 Å². The van der Waals surface area contributed by atoms with Crippen molar-refractivity contribution in [1.29, 1.82) is 0 Å². The number of ether oxygens (including phenoxy) is 2. The number of hydrogen-bond donors (Lipinski definition) is 1. The van der Waals surface area contributed by atoms with Crippen molar-refractivity contribution in [2.24, 2.45) is 0 Å². The van der Waals surface area contributed by atoms with Crippen LogP contribution in [0.5, 0.6) is 11.5 Å². The third kappa shape index (κ3) is 4.01. The number of nitrogens with one attached hydrogen (secondary N) is 1. The quantitative estimate of drug-likeness (QED) is 0.659. The highest BCUT2D eigenvalue weighted by molar-refractivity contribution is 5.47. The maximum atomic E-state index is 5.85. The Bertz CT molecular complexity index is 496. The fourth-order valence-electron chi connectivity index (χ4n) is 3.00. The summed E-state index contributed by atoms with van der Waals surface area (Å²) in [6, 6.07) is 6.17. The highest BCUT2D eigenvalue weighted by Crippen LogP contribution is 2.33. The summed E-state index contributed by atoms with van der Waals surface area (Å²) >= 11 is 0. The fraction of sp³-hybridized carbons (Fsp3) is 0.556. The van der Waals surface area contributed by atoms with Crippen molar-refractivity contribution >= 4 is 0 Å². The van der Waals surface area contributed by atoms with Gasteiger partial charge in [-0.1, -0.05) is 23.8 Å². The van der Waals surface area contributed by atoms with Crippen LogP contribution in [0.15, 0.2) is 29.8 Å². The third-order valence-corrected chi connectivity index (χ3v) is 4.18. The first-order chi connectivity index (χ1) is 10.4. The van der Waals surface area contributed by atoms with Crippen LogP contribution in [-0.2, 0) is 6.54 Å². The Morgan fingerprint density at radius 3 is 2.90 bits per heavy atom. The number of fused-ring (bicyclic) bond motifs is 1. The molecule has 1 aromatic carbocycles. The summed E-state index contributed by atoms with van der Waals surface area (Å²) in [7, 11) is 0. The van der Waals surface area contributed by atoms with Gasteiger partial charge in [-0.05, 0) is 44.7 Å². The van der Waals surface area contributed by atoms with E-state index < -0.39 is 0 Å². The van der Waals surface area contributed by atoms with Crippen LogP contribution in [0.1, 0.15) is 44.1 Å². The van der Waals surface area contributed by atoms with Gasteiger partial charge in [0.2, 0.25) is 0 Å². The molecule has 3 rings (SSSR count). The second-order valence-corrected chi connectivity index (χ2v) is 5.83. The second kappa shape index (κ2) is 7.51. The van der Waals surface area contributed by atoms with Gasteiger partial charge in [0.05, 0.1) is 13.2 Å². The van der Waals surface area contributed by atoms with Gasteiger partial charge in [0, 0.05) is 18.5 Å². The lowest BCUT2D eigenvalue weighted by Gasteiger charge is -2.15. The van der Waals surface area contributed by atoms with E-state index in [0.29, 0.717) is 0 Å². The van der Waals surface area contributed by atoms with Crippen LogP contribution in [0.25, 0.3) is 0 Å². The second-order valence-electron chi connectivity index (χ2n) is 5.83. The zero-order chi connectivity index (χ0) is 14.3. The van der Waals surface area contributed by atoms with Crippen molar-refractivity contribution < 1.29 is 9.47 Å². The molecule has 1 heterocycles. The lowest BCUT2D eigenvalue weighted by molar-refractivity contribution is 0.296. The summed E-state index contributed by atoms with van der Waals surface area (Å²) in [5.74, 6) is 1.82. The van der Waals surface area contributed by atoms with Crippen LogP contribution >= 0.6 is 0 Å². The predicted octanol–water partition coefficient (Wildman–Crippen LogP) is 3.83. The van der Waals surface area contributed by atoms with Crippen molar-refractivity contribution in [3.63, 3.8) is 0 Å². The molecule has 114 valence electrons. The predicted molar refractivity (Wildman–Crippen MR) is 84.9 cm³/mol. The molecule has 1 aromatic rings. The van der Waals surface area contributed by atoms with Crippen molar-refractivity contribution in [1.82, 2.24) is 5.32 Å². The summed E-state index contributed by atoms with van der Waals surface area (Å²) in [6.45, 7) is 3.38. The van der Waals surface area contributed by atoms with E-state index in [9.17, 15) is 0 Å². The molecule has 0 spiro atoms. The van der Waals surface area contributed by atoms with Gasteiger partial charge >= 0.3 is 0 Å². The zero-order valence-electron chi connectivity index (χ0n) is 12.7. The zero-order valence-corrected chi connectivity index (χ0v) is 12.7. The molecule has 0 atom stereocenters. The molecule has 3 nitrogen and oxygen atoms in total. The Hall–Kier alpha value is -1.48. The third-order valence-electron chi connectivity index (χ3n) is 4.18. The van der Waals surface area contributed by atoms with Gasteiger partial charge in [-0.15, -0.1) is 0 Å². The Morgan fingerprint density at radius 1 is 1.05 bits per heavy atom. The van der Waals surface area contributed by atoms with Crippen LogP contribution in [0.4, 0.5) is 0 Å². The van der Waals surface area contributed by atoms with Crippen LogP contribution in [0.3, 0.4) is 0 Å². The molecule has 0 saturated heterocycles. The van der Waals surface area contributed by atoms with Crippen LogP contribution in [0.2, 0.25) is 0 Å². The van der Waals surface area contributed by atoms with E-state index in [1.54, 1.807) is 5.57 Å². The number of benzene rings is 1. The van der Waals surface area contributed by atoms with Gasteiger partial charge < -0.3 is 14.8 Å². The van der Waals surface area contributed by atoms with Gasteiger partial charge in [-0.3, -0.25) is 0 Å². The molecule has 0 fully saturated rings. The SMILES string of the molecule is C1=C(CCNCc2cccc3c2OCCCO3)CCCC1. The van der Waals surface area contributed by atoms with Crippen molar-refractivity contribution in [2.75, 3.05) is 19.8 Å². The first-order valence-corrected chi connectivity index (χ1v) is 8.19. The largest absolute Gasteiger partial charge is 0.490 e. The minimum atomic E-state index is 0.747. The summed E-state index contributed by atoms with van der Waals surface area (Å²) in [5, 5.41) is 3.54. The molecular formula is C18H25NO2. The van der Waals surface area contributed by atoms with Crippen molar-refractivity contribution in [3.05, 3.63) is 35.4 Å². The molecular weight excluding hydrogens is 262 g/mol. The molecule has 1 N–H and O–H groups in total. The fourth-order valence-corrected chi connectivity index (χ4v) is 3.00. The van der Waals surface area contributed by atoms with Crippen molar-refractivity contribution in [2.45, 2.75) is 45.1 Å². The Balaban J connectivity index is 1.52. The Morgan fingerprint density at radius 2 is 2.00 bits per heavy atom. The number of para-hydroxylation sites is 1. The maximum Gasteiger partial charge on any atom is 0.165 e. The van der Waals surface area contributed by atoms with E-state index >= 15 is 0 Å². The van der Waals surface area contributed by atoms with Crippen LogP contribution in [0, 0.1) is 0 Å².